The third-order valence-corrected chi connectivity index (χ3v) is 4.88. The van der Waals surface area contributed by atoms with Gasteiger partial charge >= 0.3 is 0 Å². The predicted octanol–water partition coefficient (Wildman–Crippen LogP) is 5.90. The van der Waals surface area contributed by atoms with Gasteiger partial charge in [0.25, 0.3) is 0 Å². The van der Waals surface area contributed by atoms with Gasteiger partial charge in [-0.1, -0.05) is 46.6 Å². The van der Waals surface area contributed by atoms with Crippen molar-refractivity contribution in [1.82, 2.24) is 5.32 Å². The Labute approximate surface area is 146 Å². The molecule has 112 valence electrons. The number of benzene rings is 2. The topological polar surface area (TPSA) is 12.0 Å². The lowest BCUT2D eigenvalue weighted by molar-refractivity contribution is 0.509. The highest BCUT2D eigenvalue weighted by atomic mass is 79.9. The van der Waals surface area contributed by atoms with Crippen molar-refractivity contribution in [2.24, 2.45) is 0 Å². The largest absolute Gasteiger partial charge is 0.310 e. The van der Waals surface area contributed by atoms with Gasteiger partial charge in [-0.05, 0) is 58.7 Å². The van der Waals surface area contributed by atoms with E-state index in [4.69, 9.17) is 11.6 Å². The van der Waals surface area contributed by atoms with Crippen LogP contribution in [-0.2, 0) is 6.42 Å². The fourth-order valence-corrected chi connectivity index (χ4v) is 3.18. The Bertz CT molecular complexity index is 634. The van der Waals surface area contributed by atoms with Gasteiger partial charge in [0.15, 0.2) is 0 Å². The molecule has 0 aliphatic carbocycles. The Balaban J connectivity index is 2.33. The van der Waals surface area contributed by atoms with Crippen molar-refractivity contribution in [3.8, 4) is 0 Å². The fraction of sp³-hybridized carbons (Fsp3) is 0.250. The van der Waals surface area contributed by atoms with Crippen molar-refractivity contribution in [1.29, 1.82) is 0 Å². The number of halogens is 4. The number of hydrogen-bond donors (Lipinski definition) is 1. The van der Waals surface area contributed by atoms with E-state index in [0.717, 1.165) is 16.6 Å². The van der Waals surface area contributed by atoms with Gasteiger partial charge in [0, 0.05) is 20.6 Å². The third kappa shape index (κ3) is 4.52. The second-order valence-corrected chi connectivity index (χ2v) is 6.91. The van der Waals surface area contributed by atoms with E-state index >= 15 is 0 Å². The molecule has 0 aliphatic heterocycles. The number of hydrogen-bond acceptors (Lipinski definition) is 1. The van der Waals surface area contributed by atoms with Gasteiger partial charge < -0.3 is 5.32 Å². The van der Waals surface area contributed by atoms with Gasteiger partial charge in [-0.2, -0.15) is 0 Å². The average Bonchev–Trinajstić information content (AvgIpc) is 2.42. The highest BCUT2D eigenvalue weighted by molar-refractivity contribution is 9.10. The first-order valence-corrected chi connectivity index (χ1v) is 8.60. The lowest BCUT2D eigenvalue weighted by atomic mass is 9.98. The predicted molar refractivity (Wildman–Crippen MR) is 93.4 cm³/mol. The standard InChI is InChI=1S/C16H15Br2ClFN/c1-2-21-16(7-10-4-3-5-11(17)6-10)12-8-14(19)13(18)9-15(12)20/h3-6,8-9,16,21H,2,7H2,1H3. The zero-order chi connectivity index (χ0) is 15.4. The van der Waals surface area contributed by atoms with Gasteiger partial charge in [0.2, 0.25) is 0 Å². The van der Waals surface area contributed by atoms with Crippen molar-refractivity contribution >= 4 is 43.5 Å². The molecule has 0 amide bonds. The lowest BCUT2D eigenvalue weighted by Crippen LogP contribution is -2.24. The zero-order valence-electron chi connectivity index (χ0n) is 11.5. The van der Waals surface area contributed by atoms with Crippen LogP contribution in [0.2, 0.25) is 5.02 Å². The summed E-state index contributed by atoms with van der Waals surface area (Å²) in [5.74, 6) is -0.257. The minimum Gasteiger partial charge on any atom is -0.310 e. The summed E-state index contributed by atoms with van der Waals surface area (Å²) in [6, 6.07) is 11.0. The summed E-state index contributed by atoms with van der Waals surface area (Å²) in [7, 11) is 0. The molecular formula is C16H15Br2ClFN. The van der Waals surface area contributed by atoms with Crippen LogP contribution in [0, 0.1) is 5.82 Å². The summed E-state index contributed by atoms with van der Waals surface area (Å²) in [4.78, 5) is 0. The summed E-state index contributed by atoms with van der Waals surface area (Å²) < 4.78 is 15.8. The van der Waals surface area contributed by atoms with Crippen LogP contribution in [0.25, 0.3) is 0 Å². The highest BCUT2D eigenvalue weighted by Crippen LogP contribution is 2.30. The summed E-state index contributed by atoms with van der Waals surface area (Å²) in [5, 5.41) is 3.84. The molecule has 1 nitrogen and oxygen atoms in total. The number of nitrogens with one attached hydrogen (secondary N) is 1. The quantitative estimate of drug-likeness (QED) is 0.577. The number of likely N-dealkylation sites (N-methyl/N-ethyl adjacent to an activating group) is 1. The molecule has 1 unspecified atom stereocenters. The van der Waals surface area contributed by atoms with Crippen LogP contribution in [0.1, 0.15) is 24.1 Å². The van der Waals surface area contributed by atoms with Crippen LogP contribution in [0.15, 0.2) is 45.3 Å². The second-order valence-electron chi connectivity index (χ2n) is 4.73. The summed E-state index contributed by atoms with van der Waals surface area (Å²) >= 11 is 12.8. The molecule has 5 heteroatoms. The van der Waals surface area contributed by atoms with E-state index in [2.05, 4.69) is 37.2 Å². The molecule has 2 aromatic rings. The van der Waals surface area contributed by atoms with E-state index in [1.807, 2.05) is 31.2 Å². The van der Waals surface area contributed by atoms with Crippen LogP contribution >= 0.6 is 43.5 Å². The first-order chi connectivity index (χ1) is 10.0. The van der Waals surface area contributed by atoms with Gasteiger partial charge in [0.1, 0.15) is 5.82 Å². The van der Waals surface area contributed by atoms with E-state index in [9.17, 15) is 4.39 Å². The molecular weight excluding hydrogens is 420 g/mol. The zero-order valence-corrected chi connectivity index (χ0v) is 15.4. The Morgan fingerprint density at radius 3 is 2.67 bits per heavy atom. The maximum Gasteiger partial charge on any atom is 0.129 e. The molecule has 0 fully saturated rings. The van der Waals surface area contributed by atoms with E-state index < -0.39 is 0 Å². The molecule has 0 aromatic heterocycles. The minimum atomic E-state index is -0.257. The monoisotopic (exact) mass is 433 g/mol. The molecule has 2 aromatic carbocycles. The maximum absolute atomic E-state index is 14.2. The molecule has 1 N–H and O–H groups in total. The highest BCUT2D eigenvalue weighted by Gasteiger charge is 2.17. The number of rotatable bonds is 5. The molecule has 0 heterocycles. The Morgan fingerprint density at radius 2 is 2.00 bits per heavy atom. The van der Waals surface area contributed by atoms with Crippen LogP contribution < -0.4 is 5.32 Å². The Morgan fingerprint density at radius 1 is 1.24 bits per heavy atom. The normalized spacial score (nSPS) is 12.4. The summed E-state index contributed by atoms with van der Waals surface area (Å²) in [5.41, 5.74) is 1.72. The Kier molecular flexibility index (Phi) is 6.23. The molecule has 0 radical (unpaired) electrons. The average molecular weight is 436 g/mol. The first kappa shape index (κ1) is 16.9. The lowest BCUT2D eigenvalue weighted by Gasteiger charge is -2.20. The van der Waals surface area contributed by atoms with Crippen LogP contribution in [-0.4, -0.2) is 6.54 Å². The molecule has 2 rings (SSSR count). The van der Waals surface area contributed by atoms with Crippen LogP contribution in [0.4, 0.5) is 4.39 Å². The minimum absolute atomic E-state index is 0.116. The van der Waals surface area contributed by atoms with Gasteiger partial charge in [-0.15, -0.1) is 0 Å². The summed E-state index contributed by atoms with van der Waals surface area (Å²) in [6.07, 6.45) is 0.697. The smallest absolute Gasteiger partial charge is 0.129 e. The Hall–Kier alpha value is -0.420. The first-order valence-electron chi connectivity index (χ1n) is 6.63. The van der Waals surface area contributed by atoms with E-state index in [1.165, 1.54) is 6.07 Å². The van der Waals surface area contributed by atoms with Gasteiger partial charge in [-0.3, -0.25) is 0 Å². The van der Waals surface area contributed by atoms with Gasteiger partial charge in [-0.25, -0.2) is 4.39 Å². The van der Waals surface area contributed by atoms with Crippen LogP contribution in [0.3, 0.4) is 0 Å². The second kappa shape index (κ2) is 7.73. The molecule has 0 saturated heterocycles. The van der Waals surface area contributed by atoms with Crippen LogP contribution in [0.5, 0.6) is 0 Å². The van der Waals surface area contributed by atoms with Gasteiger partial charge in [0.05, 0.1) is 5.02 Å². The molecule has 0 spiro atoms. The van der Waals surface area contributed by atoms with Crippen molar-refractivity contribution < 1.29 is 4.39 Å². The van der Waals surface area contributed by atoms with Crippen molar-refractivity contribution in [3.05, 3.63) is 67.3 Å². The fourth-order valence-electron chi connectivity index (χ4n) is 2.24. The molecule has 1 atom stereocenters. The molecule has 0 bridgehead atoms. The van der Waals surface area contributed by atoms with Crippen molar-refractivity contribution in [2.45, 2.75) is 19.4 Å². The van der Waals surface area contributed by atoms with E-state index in [-0.39, 0.29) is 11.9 Å². The SMILES string of the molecule is CCNC(Cc1cccc(Br)c1)c1cc(Cl)c(Br)cc1F. The molecule has 21 heavy (non-hydrogen) atoms. The van der Waals surface area contributed by atoms with Crippen molar-refractivity contribution in [3.63, 3.8) is 0 Å². The van der Waals surface area contributed by atoms with Crippen molar-refractivity contribution in [2.75, 3.05) is 6.54 Å². The maximum atomic E-state index is 14.2. The third-order valence-electron chi connectivity index (χ3n) is 3.19. The van der Waals surface area contributed by atoms with E-state index in [1.54, 1.807) is 6.07 Å². The summed E-state index contributed by atoms with van der Waals surface area (Å²) in [6.45, 7) is 2.76. The molecule has 0 aliphatic rings. The molecule has 0 saturated carbocycles. The van der Waals surface area contributed by atoms with E-state index in [0.29, 0.717) is 21.5 Å².